The van der Waals surface area contributed by atoms with Crippen LogP contribution in [0, 0.1) is 11.3 Å². The Kier molecular flexibility index (Phi) is 5.59. The molecule has 42 heavy (non-hydrogen) atoms. The molecule has 8 aromatic carbocycles. The number of nitrogens with zero attached hydrogens (tertiary/aromatic N) is 1. The normalized spacial score (nSPS) is 11.3. The van der Waals surface area contributed by atoms with Crippen molar-refractivity contribution in [2.45, 2.75) is 0 Å². The van der Waals surface area contributed by atoms with Crippen LogP contribution in [0.3, 0.4) is 0 Å². The summed E-state index contributed by atoms with van der Waals surface area (Å²) in [6.45, 7) is 0. The zero-order chi connectivity index (χ0) is 28.0. The molecule has 0 N–H and O–H groups in total. The molecule has 0 aliphatic carbocycles. The molecule has 0 saturated carbocycles. The maximum Gasteiger partial charge on any atom is 0.0991 e. The fourth-order valence-corrected chi connectivity index (χ4v) is 6.43. The van der Waals surface area contributed by atoms with Gasteiger partial charge < -0.3 is 0 Å². The molecule has 0 bridgehead atoms. The van der Waals surface area contributed by atoms with E-state index in [1.807, 2.05) is 18.2 Å². The molecule has 8 rings (SSSR count). The first kappa shape index (κ1) is 24.1. The Morgan fingerprint density at radius 1 is 0.333 bits per heavy atom. The first-order valence-electron chi connectivity index (χ1n) is 14.2. The van der Waals surface area contributed by atoms with Crippen molar-refractivity contribution in [3.05, 3.63) is 157 Å². The Balaban J connectivity index is 1.47. The molecule has 0 aliphatic rings. The van der Waals surface area contributed by atoms with Gasteiger partial charge in [-0.05, 0) is 107 Å². The minimum Gasteiger partial charge on any atom is -0.192 e. The van der Waals surface area contributed by atoms with Crippen LogP contribution in [0.4, 0.5) is 0 Å². The summed E-state index contributed by atoms with van der Waals surface area (Å²) >= 11 is 0. The number of rotatable bonds is 3. The van der Waals surface area contributed by atoms with Crippen molar-refractivity contribution in [2.24, 2.45) is 0 Å². The molecule has 0 aromatic heterocycles. The lowest BCUT2D eigenvalue weighted by Crippen LogP contribution is -1.92. The van der Waals surface area contributed by atoms with E-state index in [9.17, 15) is 5.26 Å². The quantitative estimate of drug-likeness (QED) is 0.208. The van der Waals surface area contributed by atoms with Gasteiger partial charge in [-0.15, -0.1) is 0 Å². The minimum atomic E-state index is 0.675. The number of hydrogen-bond acceptors (Lipinski definition) is 1. The van der Waals surface area contributed by atoms with E-state index in [0.29, 0.717) is 5.56 Å². The Morgan fingerprint density at radius 2 is 0.881 bits per heavy atom. The predicted octanol–water partition coefficient (Wildman–Crippen LogP) is 11.2. The van der Waals surface area contributed by atoms with E-state index >= 15 is 0 Å². The van der Waals surface area contributed by atoms with Crippen LogP contribution >= 0.6 is 0 Å². The van der Waals surface area contributed by atoms with E-state index in [1.165, 1.54) is 60.1 Å². The third-order valence-electron chi connectivity index (χ3n) is 8.43. The largest absolute Gasteiger partial charge is 0.192 e. The van der Waals surface area contributed by atoms with Crippen LogP contribution in [0.25, 0.3) is 76.5 Å². The standard InChI is InChI=1S/C41H25N/c42-26-27-14-15-29-17-19-34(24-35(29)22-27)41-37-13-7-6-12-36(37)40(30-9-2-1-3-10-30)39-25-33(20-21-38(39)41)32-18-16-28-8-4-5-11-31(28)23-32/h1-25H. The molecule has 0 unspecified atom stereocenters. The van der Waals surface area contributed by atoms with Crippen molar-refractivity contribution in [3.63, 3.8) is 0 Å². The highest BCUT2D eigenvalue weighted by Crippen LogP contribution is 2.45. The van der Waals surface area contributed by atoms with Crippen LogP contribution in [-0.4, -0.2) is 0 Å². The van der Waals surface area contributed by atoms with Gasteiger partial charge >= 0.3 is 0 Å². The first-order valence-corrected chi connectivity index (χ1v) is 14.2. The Morgan fingerprint density at radius 3 is 1.67 bits per heavy atom. The fraction of sp³-hybridized carbons (Fsp3) is 0. The SMILES string of the molecule is N#Cc1ccc2ccc(-c3c4ccccc4c(-c4ccccc4)c4cc(-c5ccc6ccccc6c5)ccc34)cc2c1. The van der Waals surface area contributed by atoms with Crippen molar-refractivity contribution < 1.29 is 0 Å². The van der Waals surface area contributed by atoms with E-state index in [0.717, 1.165) is 16.3 Å². The van der Waals surface area contributed by atoms with Crippen LogP contribution in [-0.2, 0) is 0 Å². The van der Waals surface area contributed by atoms with Gasteiger partial charge in [-0.1, -0.05) is 121 Å². The summed E-state index contributed by atoms with van der Waals surface area (Å²) in [6.07, 6.45) is 0. The Hall–Kier alpha value is -5.71. The maximum atomic E-state index is 9.53. The molecule has 194 valence electrons. The van der Waals surface area contributed by atoms with Gasteiger partial charge in [-0.3, -0.25) is 0 Å². The van der Waals surface area contributed by atoms with Gasteiger partial charge in [-0.25, -0.2) is 0 Å². The van der Waals surface area contributed by atoms with Crippen molar-refractivity contribution in [2.75, 3.05) is 0 Å². The van der Waals surface area contributed by atoms with Crippen molar-refractivity contribution in [1.82, 2.24) is 0 Å². The van der Waals surface area contributed by atoms with E-state index in [4.69, 9.17) is 0 Å². The molecule has 0 amide bonds. The Labute approximate surface area is 244 Å². The molecule has 0 saturated heterocycles. The molecule has 0 aliphatic heterocycles. The van der Waals surface area contributed by atoms with Gasteiger partial charge in [0.15, 0.2) is 0 Å². The highest BCUT2D eigenvalue weighted by atomic mass is 14.2. The van der Waals surface area contributed by atoms with Crippen molar-refractivity contribution >= 4 is 43.1 Å². The van der Waals surface area contributed by atoms with E-state index in [-0.39, 0.29) is 0 Å². The van der Waals surface area contributed by atoms with Crippen LogP contribution in [0.1, 0.15) is 5.56 Å². The lowest BCUT2D eigenvalue weighted by atomic mass is 9.84. The summed E-state index contributed by atoms with van der Waals surface area (Å²) < 4.78 is 0. The second kappa shape index (κ2) is 9.73. The third-order valence-corrected chi connectivity index (χ3v) is 8.43. The Bertz CT molecular complexity index is 2360. The highest BCUT2D eigenvalue weighted by Gasteiger charge is 2.18. The molecule has 0 fully saturated rings. The molecule has 0 atom stereocenters. The lowest BCUT2D eigenvalue weighted by molar-refractivity contribution is 1.50. The smallest absolute Gasteiger partial charge is 0.0991 e. The summed E-state index contributed by atoms with van der Waals surface area (Å²) in [5.41, 5.74) is 7.90. The van der Waals surface area contributed by atoms with Gasteiger partial charge in [0.2, 0.25) is 0 Å². The van der Waals surface area contributed by atoms with Gasteiger partial charge in [0.05, 0.1) is 11.6 Å². The fourth-order valence-electron chi connectivity index (χ4n) is 6.43. The predicted molar refractivity (Wildman–Crippen MR) is 177 cm³/mol. The van der Waals surface area contributed by atoms with Crippen LogP contribution in [0.15, 0.2) is 152 Å². The molecule has 1 heteroatoms. The minimum absolute atomic E-state index is 0.675. The topological polar surface area (TPSA) is 23.8 Å². The molecular formula is C41H25N. The molecule has 8 aromatic rings. The van der Waals surface area contributed by atoms with Crippen molar-refractivity contribution in [1.29, 1.82) is 5.26 Å². The second-order valence-electron chi connectivity index (χ2n) is 10.9. The molecule has 0 spiro atoms. The van der Waals surface area contributed by atoms with Gasteiger partial charge in [0.1, 0.15) is 0 Å². The number of nitriles is 1. The average Bonchev–Trinajstić information content (AvgIpc) is 3.06. The summed E-state index contributed by atoms with van der Waals surface area (Å²) in [5.74, 6) is 0. The van der Waals surface area contributed by atoms with Gasteiger partial charge in [-0.2, -0.15) is 5.26 Å². The molecular weight excluding hydrogens is 506 g/mol. The first-order chi connectivity index (χ1) is 20.8. The number of hydrogen-bond donors (Lipinski definition) is 0. The third kappa shape index (κ3) is 3.93. The highest BCUT2D eigenvalue weighted by molar-refractivity contribution is 6.22. The summed E-state index contributed by atoms with van der Waals surface area (Å²) in [6, 6.07) is 56.5. The summed E-state index contributed by atoms with van der Waals surface area (Å²) in [7, 11) is 0. The molecule has 0 radical (unpaired) electrons. The molecule has 1 nitrogen and oxygen atoms in total. The number of fused-ring (bicyclic) bond motifs is 4. The second-order valence-corrected chi connectivity index (χ2v) is 10.9. The zero-order valence-corrected chi connectivity index (χ0v) is 22.9. The van der Waals surface area contributed by atoms with Crippen molar-refractivity contribution in [3.8, 4) is 39.4 Å². The maximum absolute atomic E-state index is 9.53. The average molecular weight is 532 g/mol. The number of benzene rings is 8. The zero-order valence-electron chi connectivity index (χ0n) is 22.9. The van der Waals surface area contributed by atoms with Gasteiger partial charge in [0.25, 0.3) is 0 Å². The molecule has 0 heterocycles. The summed E-state index contributed by atoms with van der Waals surface area (Å²) in [4.78, 5) is 0. The van der Waals surface area contributed by atoms with E-state index in [2.05, 4.69) is 140 Å². The van der Waals surface area contributed by atoms with Crippen LogP contribution in [0.5, 0.6) is 0 Å². The van der Waals surface area contributed by atoms with Crippen LogP contribution in [0.2, 0.25) is 0 Å². The monoisotopic (exact) mass is 531 g/mol. The van der Waals surface area contributed by atoms with Gasteiger partial charge in [0, 0.05) is 0 Å². The summed E-state index contributed by atoms with van der Waals surface area (Å²) in [5, 5.41) is 19.1. The lowest BCUT2D eigenvalue weighted by Gasteiger charge is -2.19. The van der Waals surface area contributed by atoms with Crippen LogP contribution < -0.4 is 0 Å². The van der Waals surface area contributed by atoms with E-state index < -0.39 is 0 Å². The van der Waals surface area contributed by atoms with E-state index in [1.54, 1.807) is 0 Å².